The van der Waals surface area contributed by atoms with Crippen LogP contribution in [0, 0.1) is 0 Å². The third-order valence-electron chi connectivity index (χ3n) is 2.94. The monoisotopic (exact) mass is 274 g/mol. The highest BCUT2D eigenvalue weighted by molar-refractivity contribution is 6.10. The Labute approximate surface area is 117 Å². The van der Waals surface area contributed by atoms with Crippen molar-refractivity contribution in [2.45, 2.75) is 13.0 Å². The molecular formula is C16H18O4. The van der Waals surface area contributed by atoms with Crippen LogP contribution in [0.3, 0.4) is 0 Å². The Hall–Kier alpha value is -1.91. The summed E-state index contributed by atoms with van der Waals surface area (Å²) in [4.78, 5) is 12.0. The van der Waals surface area contributed by atoms with Crippen molar-refractivity contribution in [3.05, 3.63) is 42.0 Å². The Morgan fingerprint density at radius 3 is 2.55 bits per heavy atom. The number of rotatable bonds is 6. The molecule has 0 fully saturated rings. The summed E-state index contributed by atoms with van der Waals surface area (Å²) < 4.78 is 10.5. The van der Waals surface area contributed by atoms with E-state index in [1.165, 1.54) is 7.11 Å². The van der Waals surface area contributed by atoms with Gasteiger partial charge in [0.25, 0.3) is 0 Å². The predicted octanol–water partition coefficient (Wildman–Crippen LogP) is 2.43. The summed E-state index contributed by atoms with van der Waals surface area (Å²) in [5.74, 6) is 0.598. The van der Waals surface area contributed by atoms with Crippen molar-refractivity contribution in [2.75, 3.05) is 20.3 Å². The number of aliphatic hydroxyl groups excluding tert-OH is 1. The SMILES string of the molecule is COCC(=O)c1ccc(OC[C@@H](C)O)c2ccccc12. The summed E-state index contributed by atoms with van der Waals surface area (Å²) >= 11 is 0. The number of carbonyl (C=O) groups is 1. The summed E-state index contributed by atoms with van der Waals surface area (Å²) in [7, 11) is 1.50. The van der Waals surface area contributed by atoms with Crippen LogP contribution in [0.5, 0.6) is 5.75 Å². The van der Waals surface area contributed by atoms with E-state index < -0.39 is 6.10 Å². The minimum atomic E-state index is -0.538. The standard InChI is InChI=1S/C16H18O4/c1-11(17)9-20-16-8-7-13(15(18)10-19-2)12-5-3-4-6-14(12)16/h3-8,11,17H,9-10H2,1-2H3/t11-/m1/s1. The number of fused-ring (bicyclic) bond motifs is 1. The second kappa shape index (κ2) is 6.50. The zero-order valence-corrected chi connectivity index (χ0v) is 11.6. The molecule has 0 amide bonds. The van der Waals surface area contributed by atoms with Gasteiger partial charge in [0.2, 0.25) is 0 Å². The van der Waals surface area contributed by atoms with E-state index in [2.05, 4.69) is 0 Å². The fraction of sp³-hybridized carbons (Fsp3) is 0.312. The van der Waals surface area contributed by atoms with Gasteiger partial charge >= 0.3 is 0 Å². The van der Waals surface area contributed by atoms with Gasteiger partial charge in [0.1, 0.15) is 19.0 Å². The number of ketones is 1. The Morgan fingerprint density at radius 2 is 1.90 bits per heavy atom. The molecule has 106 valence electrons. The van der Waals surface area contributed by atoms with E-state index in [9.17, 15) is 9.90 Å². The third kappa shape index (κ3) is 3.15. The van der Waals surface area contributed by atoms with Crippen molar-refractivity contribution >= 4 is 16.6 Å². The van der Waals surface area contributed by atoms with Crippen LogP contribution in [0.2, 0.25) is 0 Å². The summed E-state index contributed by atoms with van der Waals surface area (Å²) in [6.07, 6.45) is -0.538. The van der Waals surface area contributed by atoms with Crippen LogP contribution >= 0.6 is 0 Å². The van der Waals surface area contributed by atoms with Crippen molar-refractivity contribution in [3.8, 4) is 5.75 Å². The van der Waals surface area contributed by atoms with Crippen molar-refractivity contribution in [3.63, 3.8) is 0 Å². The van der Waals surface area contributed by atoms with Gasteiger partial charge in [-0.3, -0.25) is 4.79 Å². The molecule has 0 aliphatic heterocycles. The molecule has 0 saturated carbocycles. The van der Waals surface area contributed by atoms with Crippen molar-refractivity contribution in [1.82, 2.24) is 0 Å². The van der Waals surface area contributed by atoms with E-state index in [-0.39, 0.29) is 19.0 Å². The van der Waals surface area contributed by atoms with Gasteiger partial charge in [0, 0.05) is 18.1 Å². The van der Waals surface area contributed by atoms with Crippen molar-refractivity contribution < 1.29 is 19.4 Å². The third-order valence-corrected chi connectivity index (χ3v) is 2.94. The molecule has 4 heteroatoms. The lowest BCUT2D eigenvalue weighted by atomic mass is 10.0. The molecule has 0 radical (unpaired) electrons. The normalized spacial score (nSPS) is 12.3. The van der Waals surface area contributed by atoms with Crippen molar-refractivity contribution in [2.24, 2.45) is 0 Å². The first-order chi connectivity index (χ1) is 9.63. The number of aliphatic hydroxyl groups is 1. The molecule has 0 unspecified atom stereocenters. The first kappa shape index (κ1) is 14.5. The number of hydrogen-bond donors (Lipinski definition) is 1. The van der Waals surface area contributed by atoms with Gasteiger partial charge in [-0.05, 0) is 24.4 Å². The summed E-state index contributed by atoms with van der Waals surface area (Å²) in [5.41, 5.74) is 0.617. The molecule has 1 atom stereocenters. The second-order valence-electron chi connectivity index (χ2n) is 4.67. The van der Waals surface area contributed by atoms with Crippen LogP contribution in [-0.4, -0.2) is 37.3 Å². The lowest BCUT2D eigenvalue weighted by molar-refractivity contribution is 0.0849. The van der Waals surface area contributed by atoms with Gasteiger partial charge in [-0.1, -0.05) is 24.3 Å². The van der Waals surface area contributed by atoms with Crippen LogP contribution < -0.4 is 4.74 Å². The molecule has 2 rings (SSSR count). The first-order valence-electron chi connectivity index (χ1n) is 6.48. The number of methoxy groups -OCH3 is 1. The van der Waals surface area contributed by atoms with Gasteiger partial charge in [-0.15, -0.1) is 0 Å². The highest BCUT2D eigenvalue weighted by Crippen LogP contribution is 2.29. The van der Waals surface area contributed by atoms with Gasteiger partial charge in [-0.2, -0.15) is 0 Å². The summed E-state index contributed by atoms with van der Waals surface area (Å²) in [6, 6.07) is 11.0. The average molecular weight is 274 g/mol. The van der Waals surface area contributed by atoms with Crippen LogP contribution in [0.1, 0.15) is 17.3 Å². The molecule has 0 aliphatic carbocycles. The molecular weight excluding hydrogens is 256 g/mol. The molecule has 1 N–H and O–H groups in total. The van der Waals surface area contributed by atoms with Gasteiger partial charge in [-0.25, -0.2) is 0 Å². The number of carbonyl (C=O) groups excluding carboxylic acids is 1. The van der Waals surface area contributed by atoms with Gasteiger partial charge in [0.05, 0.1) is 6.10 Å². The number of Topliss-reactive ketones (excluding diaryl/α,β-unsaturated/α-hetero) is 1. The Morgan fingerprint density at radius 1 is 1.20 bits per heavy atom. The Balaban J connectivity index is 2.44. The van der Waals surface area contributed by atoms with Crippen LogP contribution in [0.15, 0.2) is 36.4 Å². The zero-order chi connectivity index (χ0) is 14.5. The predicted molar refractivity (Wildman–Crippen MR) is 77.3 cm³/mol. The van der Waals surface area contributed by atoms with Crippen LogP contribution in [0.4, 0.5) is 0 Å². The molecule has 2 aromatic carbocycles. The van der Waals surface area contributed by atoms with E-state index in [1.54, 1.807) is 19.1 Å². The topological polar surface area (TPSA) is 55.8 Å². The molecule has 4 nitrogen and oxygen atoms in total. The summed E-state index contributed by atoms with van der Waals surface area (Å²) in [6.45, 7) is 1.94. The maximum atomic E-state index is 12.0. The van der Waals surface area contributed by atoms with E-state index in [0.717, 1.165) is 10.8 Å². The Kier molecular flexibility index (Phi) is 4.71. The van der Waals surface area contributed by atoms with E-state index in [4.69, 9.17) is 9.47 Å². The lowest BCUT2D eigenvalue weighted by Crippen LogP contribution is -2.13. The molecule has 0 aromatic heterocycles. The highest BCUT2D eigenvalue weighted by Gasteiger charge is 2.13. The van der Waals surface area contributed by atoms with Crippen molar-refractivity contribution in [1.29, 1.82) is 0 Å². The second-order valence-corrected chi connectivity index (χ2v) is 4.67. The molecule has 0 bridgehead atoms. The van der Waals surface area contributed by atoms with E-state index >= 15 is 0 Å². The van der Waals surface area contributed by atoms with Gasteiger partial charge < -0.3 is 14.6 Å². The fourth-order valence-electron chi connectivity index (χ4n) is 2.06. The van der Waals surface area contributed by atoms with E-state index in [0.29, 0.717) is 11.3 Å². The first-order valence-corrected chi connectivity index (χ1v) is 6.48. The summed E-state index contributed by atoms with van der Waals surface area (Å²) in [5, 5.41) is 11.0. The molecule has 2 aromatic rings. The fourth-order valence-corrected chi connectivity index (χ4v) is 2.06. The number of ether oxygens (including phenoxy) is 2. The average Bonchev–Trinajstić information content (AvgIpc) is 2.44. The minimum absolute atomic E-state index is 0.0534. The molecule has 0 spiro atoms. The largest absolute Gasteiger partial charge is 0.490 e. The molecule has 20 heavy (non-hydrogen) atoms. The highest BCUT2D eigenvalue weighted by atomic mass is 16.5. The van der Waals surface area contributed by atoms with Crippen LogP contribution in [0.25, 0.3) is 10.8 Å². The van der Waals surface area contributed by atoms with Crippen LogP contribution in [-0.2, 0) is 4.74 Å². The maximum absolute atomic E-state index is 12.0. The zero-order valence-electron chi connectivity index (χ0n) is 11.6. The lowest BCUT2D eigenvalue weighted by Gasteiger charge is -2.13. The number of benzene rings is 2. The molecule has 0 saturated heterocycles. The number of hydrogen-bond acceptors (Lipinski definition) is 4. The molecule has 0 aliphatic rings. The van der Waals surface area contributed by atoms with E-state index in [1.807, 2.05) is 24.3 Å². The maximum Gasteiger partial charge on any atom is 0.189 e. The van der Waals surface area contributed by atoms with Gasteiger partial charge in [0.15, 0.2) is 5.78 Å². The Bertz CT molecular complexity index is 604. The quantitative estimate of drug-likeness (QED) is 0.822. The minimum Gasteiger partial charge on any atom is -0.490 e. The molecule has 0 heterocycles. The smallest absolute Gasteiger partial charge is 0.189 e.